The van der Waals surface area contributed by atoms with E-state index in [0.29, 0.717) is 11.3 Å². The average Bonchev–Trinajstić information content (AvgIpc) is 2.15. The SMILES string of the molecule is Cc1cccc(OCCO)c1C=O. The van der Waals surface area contributed by atoms with E-state index in [-0.39, 0.29) is 13.2 Å². The van der Waals surface area contributed by atoms with Gasteiger partial charge in [0.2, 0.25) is 0 Å². The zero-order valence-electron chi connectivity index (χ0n) is 7.49. The number of aliphatic hydroxyl groups excluding tert-OH is 1. The standard InChI is InChI=1S/C10H12O3/c1-8-3-2-4-10(9(8)7-12)13-6-5-11/h2-4,7,11H,5-6H2,1H3. The monoisotopic (exact) mass is 180 g/mol. The third kappa shape index (κ3) is 2.29. The number of aldehydes is 1. The van der Waals surface area contributed by atoms with Crippen molar-refractivity contribution in [2.45, 2.75) is 6.92 Å². The summed E-state index contributed by atoms with van der Waals surface area (Å²) in [5.74, 6) is 0.532. The normalized spacial score (nSPS) is 9.69. The van der Waals surface area contributed by atoms with E-state index in [1.165, 1.54) is 0 Å². The van der Waals surface area contributed by atoms with Crippen LogP contribution in [0.3, 0.4) is 0 Å². The highest BCUT2D eigenvalue weighted by atomic mass is 16.5. The van der Waals surface area contributed by atoms with Crippen LogP contribution < -0.4 is 4.74 Å². The quantitative estimate of drug-likeness (QED) is 0.708. The molecule has 0 saturated heterocycles. The van der Waals surface area contributed by atoms with Gasteiger partial charge in [0.25, 0.3) is 0 Å². The molecule has 0 fully saturated rings. The van der Waals surface area contributed by atoms with Gasteiger partial charge < -0.3 is 9.84 Å². The fraction of sp³-hybridized carbons (Fsp3) is 0.300. The van der Waals surface area contributed by atoms with Crippen molar-refractivity contribution < 1.29 is 14.6 Å². The second-order valence-electron chi connectivity index (χ2n) is 2.68. The van der Waals surface area contributed by atoms with Crippen LogP contribution in [0.5, 0.6) is 5.75 Å². The number of aliphatic hydroxyl groups is 1. The molecule has 0 spiro atoms. The Morgan fingerprint density at radius 1 is 1.54 bits per heavy atom. The molecule has 1 N–H and O–H groups in total. The molecular weight excluding hydrogens is 168 g/mol. The summed E-state index contributed by atoms with van der Waals surface area (Å²) in [5.41, 5.74) is 1.43. The van der Waals surface area contributed by atoms with Crippen molar-refractivity contribution in [3.63, 3.8) is 0 Å². The second kappa shape index (κ2) is 4.62. The van der Waals surface area contributed by atoms with Crippen molar-refractivity contribution >= 4 is 6.29 Å². The molecule has 0 heterocycles. The first-order valence-corrected chi connectivity index (χ1v) is 4.08. The van der Waals surface area contributed by atoms with Crippen LogP contribution in [-0.2, 0) is 0 Å². The van der Waals surface area contributed by atoms with Crippen LogP contribution in [0, 0.1) is 6.92 Å². The van der Waals surface area contributed by atoms with Gasteiger partial charge in [-0.05, 0) is 18.6 Å². The van der Waals surface area contributed by atoms with Gasteiger partial charge in [-0.15, -0.1) is 0 Å². The van der Waals surface area contributed by atoms with Gasteiger partial charge in [0.05, 0.1) is 12.2 Å². The van der Waals surface area contributed by atoms with Crippen LogP contribution in [0.2, 0.25) is 0 Å². The molecule has 0 amide bonds. The molecule has 0 unspecified atom stereocenters. The highest BCUT2D eigenvalue weighted by molar-refractivity contribution is 5.81. The lowest BCUT2D eigenvalue weighted by Crippen LogP contribution is -2.04. The van der Waals surface area contributed by atoms with Crippen molar-refractivity contribution in [2.75, 3.05) is 13.2 Å². The fourth-order valence-electron chi connectivity index (χ4n) is 1.09. The largest absolute Gasteiger partial charge is 0.490 e. The van der Waals surface area contributed by atoms with Crippen LogP contribution in [0.25, 0.3) is 0 Å². The van der Waals surface area contributed by atoms with Crippen molar-refractivity contribution in [2.24, 2.45) is 0 Å². The first-order valence-electron chi connectivity index (χ1n) is 4.08. The Labute approximate surface area is 77.0 Å². The summed E-state index contributed by atoms with van der Waals surface area (Å²) in [4.78, 5) is 10.7. The maximum Gasteiger partial charge on any atom is 0.154 e. The molecule has 0 aliphatic heterocycles. The van der Waals surface area contributed by atoms with Crippen LogP contribution in [0.1, 0.15) is 15.9 Å². The Morgan fingerprint density at radius 2 is 2.31 bits per heavy atom. The van der Waals surface area contributed by atoms with Crippen LogP contribution in [0.15, 0.2) is 18.2 Å². The minimum Gasteiger partial charge on any atom is -0.490 e. The molecule has 1 rings (SSSR count). The van der Waals surface area contributed by atoms with Gasteiger partial charge in [-0.3, -0.25) is 4.79 Å². The van der Waals surface area contributed by atoms with Gasteiger partial charge in [-0.1, -0.05) is 12.1 Å². The molecule has 0 aliphatic carbocycles. The van der Waals surface area contributed by atoms with Crippen LogP contribution >= 0.6 is 0 Å². The number of aryl methyl sites for hydroxylation is 1. The number of carbonyl (C=O) groups excluding carboxylic acids is 1. The number of carbonyl (C=O) groups is 1. The molecule has 3 heteroatoms. The van der Waals surface area contributed by atoms with Gasteiger partial charge >= 0.3 is 0 Å². The maximum absolute atomic E-state index is 10.7. The Morgan fingerprint density at radius 3 is 2.92 bits per heavy atom. The van der Waals surface area contributed by atoms with Crippen LogP contribution in [-0.4, -0.2) is 24.6 Å². The highest BCUT2D eigenvalue weighted by Crippen LogP contribution is 2.19. The molecule has 3 nitrogen and oxygen atoms in total. The van der Waals surface area contributed by atoms with E-state index < -0.39 is 0 Å². The number of benzene rings is 1. The molecule has 0 atom stereocenters. The van der Waals surface area contributed by atoms with E-state index in [1.54, 1.807) is 6.07 Å². The summed E-state index contributed by atoms with van der Waals surface area (Å²) < 4.78 is 5.18. The molecule has 0 aliphatic rings. The zero-order valence-corrected chi connectivity index (χ0v) is 7.49. The Hall–Kier alpha value is -1.35. The van der Waals surface area contributed by atoms with Gasteiger partial charge in [0, 0.05) is 0 Å². The maximum atomic E-state index is 10.7. The Balaban J connectivity index is 2.91. The Kier molecular flexibility index (Phi) is 3.46. The number of hydrogen-bond acceptors (Lipinski definition) is 3. The predicted octanol–water partition coefficient (Wildman–Crippen LogP) is 1.18. The van der Waals surface area contributed by atoms with E-state index in [0.717, 1.165) is 11.8 Å². The number of hydrogen-bond donors (Lipinski definition) is 1. The van der Waals surface area contributed by atoms with Crippen molar-refractivity contribution in [3.05, 3.63) is 29.3 Å². The fourth-order valence-corrected chi connectivity index (χ4v) is 1.09. The Bertz CT molecular complexity index is 294. The van der Waals surface area contributed by atoms with E-state index in [9.17, 15) is 4.79 Å². The molecule has 70 valence electrons. The predicted molar refractivity (Wildman–Crippen MR) is 49.1 cm³/mol. The van der Waals surface area contributed by atoms with E-state index in [1.807, 2.05) is 19.1 Å². The summed E-state index contributed by atoms with van der Waals surface area (Å²) in [5, 5.41) is 8.55. The second-order valence-corrected chi connectivity index (χ2v) is 2.68. The third-order valence-corrected chi connectivity index (χ3v) is 1.75. The van der Waals surface area contributed by atoms with E-state index >= 15 is 0 Å². The number of rotatable bonds is 4. The third-order valence-electron chi connectivity index (χ3n) is 1.75. The van der Waals surface area contributed by atoms with Gasteiger partial charge in [0.1, 0.15) is 12.4 Å². The molecule has 13 heavy (non-hydrogen) atoms. The molecular formula is C10H12O3. The van der Waals surface area contributed by atoms with E-state index in [2.05, 4.69) is 0 Å². The first kappa shape index (κ1) is 9.74. The minimum absolute atomic E-state index is 0.0494. The molecule has 0 aromatic heterocycles. The topological polar surface area (TPSA) is 46.5 Å². The summed E-state index contributed by atoms with van der Waals surface area (Å²) >= 11 is 0. The van der Waals surface area contributed by atoms with Crippen molar-refractivity contribution in [3.8, 4) is 5.75 Å². The average molecular weight is 180 g/mol. The van der Waals surface area contributed by atoms with Crippen LogP contribution in [0.4, 0.5) is 0 Å². The first-order chi connectivity index (χ1) is 6.29. The lowest BCUT2D eigenvalue weighted by Gasteiger charge is -2.08. The minimum atomic E-state index is -0.0494. The van der Waals surface area contributed by atoms with Crippen molar-refractivity contribution in [1.82, 2.24) is 0 Å². The van der Waals surface area contributed by atoms with Gasteiger partial charge in [0.15, 0.2) is 6.29 Å². The molecule has 1 aromatic rings. The molecule has 1 aromatic carbocycles. The molecule has 0 saturated carbocycles. The van der Waals surface area contributed by atoms with Gasteiger partial charge in [-0.25, -0.2) is 0 Å². The van der Waals surface area contributed by atoms with Gasteiger partial charge in [-0.2, -0.15) is 0 Å². The summed E-state index contributed by atoms with van der Waals surface area (Å²) in [7, 11) is 0. The summed E-state index contributed by atoms with van der Waals surface area (Å²) in [6.45, 7) is 2.01. The summed E-state index contributed by atoms with van der Waals surface area (Å²) in [6.07, 6.45) is 0.766. The molecule has 0 radical (unpaired) electrons. The zero-order chi connectivity index (χ0) is 9.68. The van der Waals surface area contributed by atoms with E-state index in [4.69, 9.17) is 9.84 Å². The summed E-state index contributed by atoms with van der Waals surface area (Å²) in [6, 6.07) is 5.37. The lowest BCUT2D eigenvalue weighted by molar-refractivity contribution is 0.111. The highest BCUT2D eigenvalue weighted by Gasteiger charge is 2.04. The van der Waals surface area contributed by atoms with Crippen molar-refractivity contribution in [1.29, 1.82) is 0 Å². The lowest BCUT2D eigenvalue weighted by atomic mass is 10.1. The smallest absolute Gasteiger partial charge is 0.154 e. The molecule has 0 bridgehead atoms. The number of ether oxygens (including phenoxy) is 1.